The molecule has 0 saturated heterocycles. The molecule has 7 nitrogen and oxygen atoms in total. The smallest absolute Gasteiger partial charge is 0.273 e. The molecule has 0 spiro atoms. The highest BCUT2D eigenvalue weighted by Gasteiger charge is 2.26. The van der Waals surface area contributed by atoms with Crippen LogP contribution >= 0.6 is 0 Å². The summed E-state index contributed by atoms with van der Waals surface area (Å²) >= 11 is 0. The highest BCUT2D eigenvalue weighted by molar-refractivity contribution is 7.92. The van der Waals surface area contributed by atoms with Gasteiger partial charge in [0.05, 0.1) is 22.1 Å². The zero-order valence-electron chi connectivity index (χ0n) is 13.6. The van der Waals surface area contributed by atoms with Crippen LogP contribution in [0.1, 0.15) is 12.5 Å². The van der Waals surface area contributed by atoms with Crippen LogP contribution in [-0.4, -0.2) is 27.0 Å². The Morgan fingerprint density at radius 2 is 1.88 bits per heavy atom. The number of aryl methyl sites for hydroxylation is 1. The van der Waals surface area contributed by atoms with Gasteiger partial charge in [0.2, 0.25) is 0 Å². The predicted molar refractivity (Wildman–Crippen MR) is 91.0 cm³/mol. The molecule has 24 heavy (non-hydrogen) atoms. The summed E-state index contributed by atoms with van der Waals surface area (Å²) in [4.78, 5) is 10.3. The van der Waals surface area contributed by atoms with Crippen LogP contribution in [0.3, 0.4) is 0 Å². The summed E-state index contributed by atoms with van der Waals surface area (Å²) in [5.41, 5.74) is 0.529. The van der Waals surface area contributed by atoms with Gasteiger partial charge in [-0.2, -0.15) is 0 Å². The monoisotopic (exact) mass is 350 g/mol. The summed E-state index contributed by atoms with van der Waals surface area (Å²) in [5.74, 6) is 0.424. The maximum Gasteiger partial charge on any atom is 0.273 e. The van der Waals surface area contributed by atoms with Gasteiger partial charge in [0, 0.05) is 18.7 Å². The number of hydrogen-bond donors (Lipinski definition) is 0. The zero-order chi connectivity index (χ0) is 17.9. The van der Waals surface area contributed by atoms with E-state index in [0.717, 1.165) is 10.4 Å². The summed E-state index contributed by atoms with van der Waals surface area (Å²) in [7, 11) is -2.57. The van der Waals surface area contributed by atoms with Gasteiger partial charge in [0.1, 0.15) is 5.75 Å². The number of benzene rings is 2. The van der Waals surface area contributed by atoms with E-state index >= 15 is 0 Å². The van der Waals surface area contributed by atoms with Gasteiger partial charge >= 0.3 is 0 Å². The summed E-state index contributed by atoms with van der Waals surface area (Å²) in [6.45, 7) is 3.75. The third kappa shape index (κ3) is 3.33. The van der Waals surface area contributed by atoms with Crippen molar-refractivity contribution in [3.63, 3.8) is 0 Å². The number of nitro benzene ring substituents is 1. The fraction of sp³-hybridized carbons (Fsp3) is 0.250. The van der Waals surface area contributed by atoms with E-state index < -0.39 is 14.9 Å². The van der Waals surface area contributed by atoms with Crippen LogP contribution in [0.4, 0.5) is 11.4 Å². The van der Waals surface area contributed by atoms with Gasteiger partial charge in [-0.15, -0.1) is 0 Å². The van der Waals surface area contributed by atoms with E-state index in [1.54, 1.807) is 38.1 Å². The van der Waals surface area contributed by atoms with E-state index in [9.17, 15) is 18.5 Å². The average molecular weight is 350 g/mol. The maximum absolute atomic E-state index is 12.8. The number of para-hydroxylation sites is 2. The number of rotatable bonds is 6. The number of ether oxygens (including phenoxy) is 1. The molecule has 0 aliphatic rings. The standard InChI is InChI=1S/C16H18N2O5S/c1-4-23-16-8-6-5-7-14(16)17(3)24(21,22)13-10-9-12(2)15(11-13)18(19)20/h5-11H,4H2,1-3H3. The fourth-order valence-corrected chi connectivity index (χ4v) is 3.46. The second kappa shape index (κ2) is 6.88. The quantitative estimate of drug-likeness (QED) is 0.590. The van der Waals surface area contributed by atoms with Crippen LogP contribution in [-0.2, 0) is 10.0 Å². The maximum atomic E-state index is 12.8. The first-order chi connectivity index (χ1) is 11.3. The molecule has 0 amide bonds. The SMILES string of the molecule is CCOc1ccccc1N(C)S(=O)(=O)c1ccc(C)c([N+](=O)[O-])c1. The van der Waals surface area contributed by atoms with Crippen LogP contribution in [0.25, 0.3) is 0 Å². The third-order valence-electron chi connectivity index (χ3n) is 3.54. The van der Waals surface area contributed by atoms with Crippen molar-refractivity contribution in [2.45, 2.75) is 18.7 Å². The van der Waals surface area contributed by atoms with Crippen molar-refractivity contribution in [1.82, 2.24) is 0 Å². The molecule has 0 unspecified atom stereocenters. The molecule has 0 aliphatic heterocycles. The Morgan fingerprint density at radius 1 is 1.21 bits per heavy atom. The molecule has 0 aliphatic carbocycles. The number of hydrogen-bond acceptors (Lipinski definition) is 5. The first kappa shape index (κ1) is 17.7. The van der Waals surface area contributed by atoms with Gasteiger partial charge in [0.15, 0.2) is 0 Å². The number of anilines is 1. The minimum atomic E-state index is -3.96. The Bertz CT molecular complexity index is 865. The average Bonchev–Trinajstić information content (AvgIpc) is 2.55. The van der Waals surface area contributed by atoms with Crippen molar-refractivity contribution in [3.8, 4) is 5.75 Å². The van der Waals surface area contributed by atoms with Crippen LogP contribution in [0.15, 0.2) is 47.4 Å². The zero-order valence-corrected chi connectivity index (χ0v) is 14.4. The van der Waals surface area contributed by atoms with Crippen molar-refractivity contribution >= 4 is 21.4 Å². The molecule has 0 saturated carbocycles. The van der Waals surface area contributed by atoms with Crippen molar-refractivity contribution in [2.75, 3.05) is 18.0 Å². The highest BCUT2D eigenvalue weighted by Crippen LogP contribution is 2.32. The predicted octanol–water partition coefficient (Wildman–Crippen LogP) is 3.13. The van der Waals surface area contributed by atoms with Crippen molar-refractivity contribution in [1.29, 1.82) is 0 Å². The van der Waals surface area contributed by atoms with Gasteiger partial charge in [-0.3, -0.25) is 14.4 Å². The van der Waals surface area contributed by atoms with Crippen LogP contribution < -0.4 is 9.04 Å². The topological polar surface area (TPSA) is 89.8 Å². The molecule has 8 heteroatoms. The second-order valence-electron chi connectivity index (χ2n) is 5.08. The molecule has 0 atom stereocenters. The molecule has 0 bridgehead atoms. The number of nitro groups is 1. The Hall–Kier alpha value is -2.61. The van der Waals surface area contributed by atoms with Crippen molar-refractivity contribution in [3.05, 3.63) is 58.1 Å². The van der Waals surface area contributed by atoms with E-state index in [1.807, 2.05) is 0 Å². The first-order valence-electron chi connectivity index (χ1n) is 7.24. The van der Waals surface area contributed by atoms with Crippen LogP contribution in [0.5, 0.6) is 5.75 Å². The molecule has 2 aromatic carbocycles. The van der Waals surface area contributed by atoms with E-state index in [-0.39, 0.29) is 10.6 Å². The lowest BCUT2D eigenvalue weighted by Crippen LogP contribution is -2.27. The van der Waals surface area contributed by atoms with Crippen LogP contribution in [0, 0.1) is 17.0 Å². The molecule has 2 aromatic rings. The molecule has 128 valence electrons. The Labute approximate surface area is 140 Å². The molecule has 0 N–H and O–H groups in total. The van der Waals surface area contributed by atoms with Crippen molar-refractivity contribution < 1.29 is 18.1 Å². The molecule has 2 rings (SSSR count). The molecular weight excluding hydrogens is 332 g/mol. The molecule has 0 fully saturated rings. The highest BCUT2D eigenvalue weighted by atomic mass is 32.2. The fourth-order valence-electron chi connectivity index (χ4n) is 2.23. The van der Waals surface area contributed by atoms with E-state index in [1.165, 1.54) is 19.2 Å². The Balaban J connectivity index is 2.51. The minimum Gasteiger partial charge on any atom is -0.492 e. The van der Waals surface area contributed by atoms with E-state index in [2.05, 4.69) is 0 Å². The summed E-state index contributed by atoms with van der Waals surface area (Å²) in [6.07, 6.45) is 0. The lowest BCUT2D eigenvalue weighted by molar-refractivity contribution is -0.385. The van der Waals surface area contributed by atoms with Gasteiger partial charge in [-0.1, -0.05) is 18.2 Å². The Kier molecular flexibility index (Phi) is 5.08. The molecular formula is C16H18N2O5S. The molecule has 0 aromatic heterocycles. The minimum absolute atomic E-state index is 0.145. The van der Waals surface area contributed by atoms with Crippen LogP contribution in [0.2, 0.25) is 0 Å². The second-order valence-corrected chi connectivity index (χ2v) is 7.05. The van der Waals surface area contributed by atoms with Gasteiger partial charge < -0.3 is 4.74 Å². The van der Waals surface area contributed by atoms with Gasteiger partial charge in [0.25, 0.3) is 15.7 Å². The Morgan fingerprint density at radius 3 is 2.50 bits per heavy atom. The van der Waals surface area contributed by atoms with E-state index in [4.69, 9.17) is 4.74 Å². The molecule has 0 heterocycles. The summed E-state index contributed by atoms with van der Waals surface area (Å²) in [5, 5.41) is 11.1. The third-order valence-corrected chi connectivity index (χ3v) is 5.31. The normalized spacial score (nSPS) is 11.1. The van der Waals surface area contributed by atoms with Crippen molar-refractivity contribution in [2.24, 2.45) is 0 Å². The number of sulfonamides is 1. The first-order valence-corrected chi connectivity index (χ1v) is 8.68. The number of nitrogens with zero attached hydrogens (tertiary/aromatic N) is 2. The lowest BCUT2D eigenvalue weighted by Gasteiger charge is -2.22. The lowest BCUT2D eigenvalue weighted by atomic mass is 10.2. The molecule has 0 radical (unpaired) electrons. The van der Waals surface area contributed by atoms with Gasteiger partial charge in [-0.25, -0.2) is 8.42 Å². The summed E-state index contributed by atoms with van der Waals surface area (Å²) in [6, 6.07) is 10.6. The largest absolute Gasteiger partial charge is 0.492 e. The van der Waals surface area contributed by atoms with Gasteiger partial charge in [-0.05, 0) is 32.0 Å². The van der Waals surface area contributed by atoms with E-state index in [0.29, 0.717) is 23.6 Å². The summed E-state index contributed by atoms with van der Waals surface area (Å²) < 4.78 is 32.2.